The Bertz CT molecular complexity index is 1090. The summed E-state index contributed by atoms with van der Waals surface area (Å²) in [7, 11) is 1.27. The van der Waals surface area contributed by atoms with Crippen LogP contribution in [0, 0.1) is 39.4 Å². The first-order valence-electron chi connectivity index (χ1n) is 14.4. The van der Waals surface area contributed by atoms with Crippen LogP contribution in [0.25, 0.3) is 0 Å². The molecule has 2 saturated carbocycles. The summed E-state index contributed by atoms with van der Waals surface area (Å²) in [6.45, 7) is 13.1. The molecule has 4 aliphatic rings. The van der Waals surface area contributed by atoms with E-state index in [9.17, 15) is 34.8 Å². The Hall–Kier alpha value is -1.61. The number of hydrogen-bond acceptors (Lipinski definition) is 8. The minimum atomic E-state index is -1.54. The summed E-state index contributed by atoms with van der Waals surface area (Å²) < 4.78 is 4.73. The fourth-order valence-electron chi connectivity index (χ4n) is 9.63. The number of rotatable bonds is 6. The summed E-state index contributed by atoms with van der Waals surface area (Å²) in [5.74, 6) is -2.20. The molecule has 10 atom stereocenters. The molecule has 4 aliphatic carbocycles. The molecule has 0 aliphatic heterocycles. The zero-order valence-electron chi connectivity index (χ0n) is 24.8. The highest BCUT2D eigenvalue weighted by Crippen LogP contribution is 2.72. The van der Waals surface area contributed by atoms with Crippen molar-refractivity contribution >= 4 is 17.5 Å². The van der Waals surface area contributed by atoms with Crippen molar-refractivity contribution in [1.82, 2.24) is 0 Å². The summed E-state index contributed by atoms with van der Waals surface area (Å²) in [4.78, 5) is 38.9. The maximum atomic E-state index is 14.2. The summed E-state index contributed by atoms with van der Waals surface area (Å²) in [6, 6.07) is 0. The molecule has 0 amide bonds. The molecule has 0 heterocycles. The van der Waals surface area contributed by atoms with E-state index in [1.807, 2.05) is 27.7 Å². The molecule has 0 saturated heterocycles. The van der Waals surface area contributed by atoms with Gasteiger partial charge in [0.15, 0.2) is 5.78 Å². The normalized spacial score (nSPS) is 43.6. The molecule has 0 aromatic carbocycles. The zero-order chi connectivity index (χ0) is 29.5. The SMILES string of the molecule is COC(=O)[C@H](C)CC(=O)C[C@](C)(O)[C@H]1C[C@H](O)[C@@]2(C)C3=C(C(=O)C[C@]12C)[C@@]1(C)CC[C@H](O)C(C)(C)[C@@H]1C[C@@H]3O. The minimum Gasteiger partial charge on any atom is -0.469 e. The maximum absolute atomic E-state index is 14.2. The van der Waals surface area contributed by atoms with Gasteiger partial charge in [-0.05, 0) is 66.3 Å². The highest BCUT2D eigenvalue weighted by molar-refractivity contribution is 6.00. The third-order valence-corrected chi connectivity index (χ3v) is 12.0. The number of Topliss-reactive ketones (excluding diaryl/α,β-unsaturated/α-hetero) is 2. The van der Waals surface area contributed by atoms with Crippen LogP contribution in [-0.4, -0.2) is 69.0 Å². The van der Waals surface area contributed by atoms with Crippen LogP contribution in [0.15, 0.2) is 11.1 Å². The lowest BCUT2D eigenvalue weighted by Crippen LogP contribution is -2.61. The van der Waals surface area contributed by atoms with E-state index in [0.717, 1.165) is 0 Å². The molecule has 0 spiro atoms. The Labute approximate surface area is 232 Å². The van der Waals surface area contributed by atoms with E-state index in [0.29, 0.717) is 30.4 Å². The van der Waals surface area contributed by atoms with Crippen LogP contribution in [0.5, 0.6) is 0 Å². The van der Waals surface area contributed by atoms with Gasteiger partial charge in [0.25, 0.3) is 0 Å². The van der Waals surface area contributed by atoms with Crippen LogP contribution >= 0.6 is 0 Å². The second-order valence-electron chi connectivity index (χ2n) is 14.6. The molecule has 0 radical (unpaired) electrons. The van der Waals surface area contributed by atoms with Crippen molar-refractivity contribution in [2.75, 3.05) is 7.11 Å². The van der Waals surface area contributed by atoms with Crippen molar-refractivity contribution in [3.05, 3.63) is 11.1 Å². The molecule has 220 valence electrons. The first-order valence-corrected chi connectivity index (χ1v) is 14.4. The summed E-state index contributed by atoms with van der Waals surface area (Å²) in [5, 5.41) is 45.9. The molecule has 4 N–H and O–H groups in total. The second-order valence-corrected chi connectivity index (χ2v) is 14.6. The van der Waals surface area contributed by atoms with E-state index in [2.05, 4.69) is 6.92 Å². The van der Waals surface area contributed by atoms with Crippen LogP contribution < -0.4 is 0 Å². The predicted molar refractivity (Wildman–Crippen MR) is 144 cm³/mol. The van der Waals surface area contributed by atoms with Crippen molar-refractivity contribution in [2.24, 2.45) is 39.4 Å². The monoisotopic (exact) mass is 548 g/mol. The molecule has 8 nitrogen and oxygen atoms in total. The third kappa shape index (κ3) is 4.19. The van der Waals surface area contributed by atoms with Gasteiger partial charge >= 0.3 is 5.97 Å². The molecule has 8 heteroatoms. The minimum absolute atomic E-state index is 0.0690. The highest BCUT2D eigenvalue weighted by Gasteiger charge is 2.71. The van der Waals surface area contributed by atoms with Gasteiger partial charge in [-0.25, -0.2) is 0 Å². The number of ether oxygens (including phenoxy) is 1. The highest BCUT2D eigenvalue weighted by atomic mass is 16.5. The number of fused-ring (bicyclic) bond motifs is 4. The number of carbonyl (C=O) groups excluding carboxylic acids is 3. The average Bonchev–Trinajstić information content (AvgIpc) is 3.03. The lowest BCUT2D eigenvalue weighted by molar-refractivity contribution is -0.150. The van der Waals surface area contributed by atoms with Crippen molar-refractivity contribution in [1.29, 1.82) is 0 Å². The molecule has 2 fully saturated rings. The van der Waals surface area contributed by atoms with Crippen molar-refractivity contribution in [2.45, 2.75) is 117 Å². The van der Waals surface area contributed by atoms with Crippen LogP contribution in [0.3, 0.4) is 0 Å². The standard InChI is InChI=1S/C31H48O8/c1-16(26(37)39-8)11-17(32)14-30(6,38)21-13-23(36)31(7)25-18(33)12-20-27(2,3)22(35)9-10-28(20,4)24(25)19(34)15-29(21,31)5/h16,18,20-23,33,35-36,38H,9-15H2,1-8H3/t16-,18+,20+,21+,22+,23+,28+,29-,30+,31+/m1/s1. The molecule has 4 rings (SSSR count). The molecule has 0 bridgehead atoms. The first-order chi connectivity index (χ1) is 17.8. The van der Waals surface area contributed by atoms with Crippen LogP contribution in [0.2, 0.25) is 0 Å². The fraction of sp³-hybridized carbons (Fsp3) is 0.839. The largest absolute Gasteiger partial charge is 0.469 e. The maximum Gasteiger partial charge on any atom is 0.308 e. The van der Waals surface area contributed by atoms with Crippen LogP contribution in [-0.2, 0) is 19.1 Å². The van der Waals surface area contributed by atoms with Crippen LogP contribution in [0.1, 0.15) is 93.4 Å². The summed E-state index contributed by atoms with van der Waals surface area (Å²) >= 11 is 0. The number of methoxy groups -OCH3 is 1. The van der Waals surface area contributed by atoms with E-state index in [-0.39, 0.29) is 43.2 Å². The molecule has 0 unspecified atom stereocenters. The number of esters is 1. The van der Waals surface area contributed by atoms with E-state index in [1.54, 1.807) is 13.8 Å². The number of ketones is 2. The third-order valence-electron chi connectivity index (χ3n) is 12.0. The molecular weight excluding hydrogens is 500 g/mol. The topological polar surface area (TPSA) is 141 Å². The van der Waals surface area contributed by atoms with Crippen molar-refractivity contribution in [3.8, 4) is 0 Å². The average molecular weight is 549 g/mol. The van der Waals surface area contributed by atoms with Gasteiger partial charge < -0.3 is 25.2 Å². The lowest BCUT2D eigenvalue weighted by Gasteiger charge is -2.62. The van der Waals surface area contributed by atoms with Crippen molar-refractivity contribution in [3.63, 3.8) is 0 Å². The molecule has 0 aromatic heterocycles. The summed E-state index contributed by atoms with van der Waals surface area (Å²) in [5.41, 5.74) is -3.27. The van der Waals surface area contributed by atoms with Crippen molar-refractivity contribution < 1.29 is 39.5 Å². The fourth-order valence-corrected chi connectivity index (χ4v) is 9.63. The van der Waals surface area contributed by atoms with Gasteiger partial charge in [-0.2, -0.15) is 0 Å². The van der Waals surface area contributed by atoms with Gasteiger partial charge in [0.2, 0.25) is 0 Å². The van der Waals surface area contributed by atoms with E-state index < -0.39 is 63.4 Å². The predicted octanol–water partition coefficient (Wildman–Crippen LogP) is 3.13. The van der Waals surface area contributed by atoms with Gasteiger partial charge in [0, 0.05) is 30.3 Å². The van der Waals surface area contributed by atoms with Gasteiger partial charge in [0.05, 0.1) is 36.9 Å². The number of allylic oxidation sites excluding steroid dienone is 1. The van der Waals surface area contributed by atoms with Gasteiger partial charge in [-0.3, -0.25) is 14.4 Å². The van der Waals surface area contributed by atoms with E-state index >= 15 is 0 Å². The number of aliphatic hydroxyl groups excluding tert-OH is 3. The Morgan fingerprint density at radius 2 is 1.69 bits per heavy atom. The number of carbonyl (C=O) groups is 3. The lowest BCUT2D eigenvalue weighted by atomic mass is 9.42. The number of hydrogen-bond donors (Lipinski definition) is 4. The van der Waals surface area contributed by atoms with E-state index in [4.69, 9.17) is 4.74 Å². The molecular formula is C31H48O8. The van der Waals surface area contributed by atoms with Gasteiger partial charge in [0.1, 0.15) is 5.78 Å². The van der Waals surface area contributed by atoms with Crippen LogP contribution in [0.4, 0.5) is 0 Å². The zero-order valence-corrected chi connectivity index (χ0v) is 24.8. The van der Waals surface area contributed by atoms with E-state index in [1.165, 1.54) is 7.11 Å². The Balaban J connectivity index is 1.75. The molecule has 0 aromatic rings. The smallest absolute Gasteiger partial charge is 0.308 e. The quantitative estimate of drug-likeness (QED) is 0.371. The second kappa shape index (κ2) is 9.47. The summed E-state index contributed by atoms with van der Waals surface area (Å²) in [6.07, 6.45) is -0.874. The van der Waals surface area contributed by atoms with Gasteiger partial charge in [-0.15, -0.1) is 0 Å². The molecule has 39 heavy (non-hydrogen) atoms. The van der Waals surface area contributed by atoms with Gasteiger partial charge in [-0.1, -0.05) is 41.5 Å². The Morgan fingerprint density at radius 3 is 2.28 bits per heavy atom. The first kappa shape index (κ1) is 30.4. The Kier molecular flexibility index (Phi) is 7.37. The Morgan fingerprint density at radius 1 is 1.08 bits per heavy atom. The number of aliphatic hydroxyl groups is 4.